The van der Waals surface area contributed by atoms with Crippen molar-refractivity contribution in [3.63, 3.8) is 0 Å². The van der Waals surface area contributed by atoms with Gasteiger partial charge in [0.1, 0.15) is 5.82 Å². The maximum absolute atomic E-state index is 13.6. The first-order valence-electron chi connectivity index (χ1n) is 6.66. The summed E-state index contributed by atoms with van der Waals surface area (Å²) < 4.78 is 13.8. The summed E-state index contributed by atoms with van der Waals surface area (Å²) in [5, 5.41) is 0. The normalized spacial score (nSPS) is 10.4. The first-order chi connectivity index (χ1) is 10.1. The highest BCUT2D eigenvalue weighted by Gasteiger charge is 2.21. The number of nitrogens with two attached hydrogens (primary N) is 1. The lowest BCUT2D eigenvalue weighted by molar-refractivity contribution is 0.0985. The van der Waals surface area contributed by atoms with Gasteiger partial charge in [-0.15, -0.1) is 0 Å². The zero-order valence-corrected chi connectivity index (χ0v) is 13.2. The van der Waals surface area contributed by atoms with Crippen molar-refractivity contribution in [1.82, 2.24) is 0 Å². The maximum Gasteiger partial charge on any atom is 0.259 e. The number of para-hydroxylation sites is 2. The number of amides is 1. The van der Waals surface area contributed by atoms with Crippen LogP contribution in [0.4, 0.5) is 15.8 Å². The van der Waals surface area contributed by atoms with E-state index in [4.69, 9.17) is 5.73 Å². The molecule has 0 atom stereocenters. The van der Waals surface area contributed by atoms with Crippen LogP contribution in [0.1, 0.15) is 23.7 Å². The number of hydrogen-bond acceptors (Lipinski definition) is 2. The number of carbonyl (C=O) groups excluding carboxylic acids is 1. The molecule has 2 rings (SSSR count). The molecule has 110 valence electrons. The number of nitrogens with zero attached hydrogens (tertiary/aromatic N) is 1. The number of anilines is 2. The van der Waals surface area contributed by atoms with E-state index in [1.165, 1.54) is 12.1 Å². The van der Waals surface area contributed by atoms with Gasteiger partial charge in [0, 0.05) is 6.54 Å². The molecular formula is C16H16BrFN2O. The van der Waals surface area contributed by atoms with Gasteiger partial charge in [-0.1, -0.05) is 25.1 Å². The Hall–Kier alpha value is -1.88. The molecule has 0 fully saturated rings. The molecule has 21 heavy (non-hydrogen) atoms. The second-order valence-electron chi connectivity index (χ2n) is 4.62. The lowest BCUT2D eigenvalue weighted by Gasteiger charge is -2.24. The summed E-state index contributed by atoms with van der Waals surface area (Å²) in [6.45, 7) is 2.48. The van der Waals surface area contributed by atoms with Gasteiger partial charge in [-0.2, -0.15) is 0 Å². The SMILES string of the molecule is CCCN(C(=O)c1cccc(F)c1Br)c1ccccc1N. The number of halogens is 2. The van der Waals surface area contributed by atoms with E-state index >= 15 is 0 Å². The Labute approximate surface area is 131 Å². The highest BCUT2D eigenvalue weighted by Crippen LogP contribution is 2.28. The van der Waals surface area contributed by atoms with Crippen LogP contribution in [0.25, 0.3) is 0 Å². The second kappa shape index (κ2) is 6.72. The molecule has 0 aliphatic rings. The zero-order chi connectivity index (χ0) is 15.4. The average molecular weight is 351 g/mol. The Kier molecular flexibility index (Phi) is 4.96. The molecule has 0 aromatic heterocycles. The van der Waals surface area contributed by atoms with Crippen molar-refractivity contribution >= 4 is 33.2 Å². The summed E-state index contributed by atoms with van der Waals surface area (Å²) in [6.07, 6.45) is 0.771. The highest BCUT2D eigenvalue weighted by atomic mass is 79.9. The molecule has 3 nitrogen and oxygen atoms in total. The van der Waals surface area contributed by atoms with Crippen LogP contribution in [0.5, 0.6) is 0 Å². The minimum absolute atomic E-state index is 0.172. The lowest BCUT2D eigenvalue weighted by atomic mass is 10.1. The van der Waals surface area contributed by atoms with E-state index in [-0.39, 0.29) is 15.9 Å². The van der Waals surface area contributed by atoms with Crippen molar-refractivity contribution in [2.24, 2.45) is 0 Å². The van der Waals surface area contributed by atoms with E-state index in [1.54, 1.807) is 23.1 Å². The molecule has 0 heterocycles. The van der Waals surface area contributed by atoms with Gasteiger partial charge in [-0.05, 0) is 46.6 Å². The summed E-state index contributed by atoms with van der Waals surface area (Å²) in [4.78, 5) is 14.3. The first kappa shape index (κ1) is 15.5. The summed E-state index contributed by atoms with van der Waals surface area (Å²) >= 11 is 3.14. The first-order valence-corrected chi connectivity index (χ1v) is 7.46. The van der Waals surface area contributed by atoms with Crippen molar-refractivity contribution < 1.29 is 9.18 Å². The van der Waals surface area contributed by atoms with E-state index in [1.807, 2.05) is 19.1 Å². The molecule has 0 saturated heterocycles. The highest BCUT2D eigenvalue weighted by molar-refractivity contribution is 9.10. The predicted octanol–water partition coefficient (Wildman–Crippen LogP) is 4.23. The standard InChI is InChI=1S/C16H16BrFN2O/c1-2-10-20(14-9-4-3-8-13(14)19)16(21)11-6-5-7-12(18)15(11)17/h3-9H,2,10,19H2,1H3. The Morgan fingerprint density at radius 1 is 1.24 bits per heavy atom. The summed E-state index contributed by atoms with van der Waals surface area (Å²) in [6, 6.07) is 11.6. The van der Waals surface area contributed by atoms with Crippen LogP contribution >= 0.6 is 15.9 Å². The van der Waals surface area contributed by atoms with E-state index < -0.39 is 5.82 Å². The molecule has 0 unspecified atom stereocenters. The molecule has 1 amide bonds. The monoisotopic (exact) mass is 350 g/mol. The fraction of sp³-hybridized carbons (Fsp3) is 0.188. The Morgan fingerprint density at radius 2 is 1.95 bits per heavy atom. The number of nitrogen functional groups attached to an aromatic ring is 1. The number of benzene rings is 2. The minimum atomic E-state index is -0.460. The topological polar surface area (TPSA) is 46.3 Å². The van der Waals surface area contributed by atoms with E-state index in [0.717, 1.165) is 6.42 Å². The largest absolute Gasteiger partial charge is 0.397 e. The van der Waals surface area contributed by atoms with E-state index in [9.17, 15) is 9.18 Å². The van der Waals surface area contributed by atoms with Crippen LogP contribution in [0.15, 0.2) is 46.9 Å². The van der Waals surface area contributed by atoms with Gasteiger partial charge in [0.05, 0.1) is 21.4 Å². The molecule has 5 heteroatoms. The summed E-state index contributed by atoms with van der Waals surface area (Å²) in [7, 11) is 0. The molecule has 2 N–H and O–H groups in total. The van der Waals surface area contributed by atoms with Crippen LogP contribution in [0.2, 0.25) is 0 Å². The molecule has 2 aromatic rings. The van der Waals surface area contributed by atoms with Crippen LogP contribution in [0.3, 0.4) is 0 Å². The molecule has 0 spiro atoms. The average Bonchev–Trinajstić information content (AvgIpc) is 2.48. The van der Waals surface area contributed by atoms with Crippen LogP contribution < -0.4 is 10.6 Å². The molecule has 0 saturated carbocycles. The Bertz CT molecular complexity index is 660. The smallest absolute Gasteiger partial charge is 0.259 e. The number of carbonyl (C=O) groups is 1. The quantitative estimate of drug-likeness (QED) is 0.838. The molecular weight excluding hydrogens is 335 g/mol. The van der Waals surface area contributed by atoms with Crippen molar-refractivity contribution in [3.8, 4) is 0 Å². The summed E-state index contributed by atoms with van der Waals surface area (Å²) in [5.41, 5.74) is 7.40. The fourth-order valence-corrected chi connectivity index (χ4v) is 2.54. The van der Waals surface area contributed by atoms with Gasteiger partial charge in [0.2, 0.25) is 0 Å². The molecule has 0 radical (unpaired) electrons. The number of rotatable bonds is 4. The van der Waals surface area contributed by atoms with E-state index in [0.29, 0.717) is 17.9 Å². The van der Waals surface area contributed by atoms with E-state index in [2.05, 4.69) is 15.9 Å². The van der Waals surface area contributed by atoms with Gasteiger partial charge < -0.3 is 10.6 Å². The summed E-state index contributed by atoms with van der Waals surface area (Å²) in [5.74, 6) is -0.737. The molecule has 0 aliphatic heterocycles. The van der Waals surface area contributed by atoms with Crippen LogP contribution in [-0.4, -0.2) is 12.5 Å². The van der Waals surface area contributed by atoms with Crippen molar-refractivity contribution in [1.29, 1.82) is 0 Å². The third-order valence-corrected chi connectivity index (χ3v) is 3.91. The third kappa shape index (κ3) is 3.24. The minimum Gasteiger partial charge on any atom is -0.397 e. The van der Waals surface area contributed by atoms with Gasteiger partial charge in [-0.3, -0.25) is 4.79 Å². The number of hydrogen-bond donors (Lipinski definition) is 1. The van der Waals surface area contributed by atoms with Gasteiger partial charge >= 0.3 is 0 Å². The van der Waals surface area contributed by atoms with Crippen molar-refractivity contribution in [2.75, 3.05) is 17.2 Å². The Morgan fingerprint density at radius 3 is 2.62 bits per heavy atom. The van der Waals surface area contributed by atoms with Gasteiger partial charge in [0.15, 0.2) is 0 Å². The Balaban J connectivity index is 2.46. The van der Waals surface area contributed by atoms with Crippen molar-refractivity contribution in [2.45, 2.75) is 13.3 Å². The van der Waals surface area contributed by atoms with Crippen LogP contribution in [0, 0.1) is 5.82 Å². The van der Waals surface area contributed by atoms with Crippen molar-refractivity contribution in [3.05, 3.63) is 58.3 Å². The molecule has 0 aliphatic carbocycles. The fourth-order valence-electron chi connectivity index (χ4n) is 2.10. The maximum atomic E-state index is 13.6. The third-order valence-electron chi connectivity index (χ3n) is 3.10. The van der Waals surface area contributed by atoms with Gasteiger partial charge in [-0.25, -0.2) is 4.39 Å². The van der Waals surface area contributed by atoms with Crippen LogP contribution in [-0.2, 0) is 0 Å². The predicted molar refractivity (Wildman–Crippen MR) is 86.9 cm³/mol. The second-order valence-corrected chi connectivity index (χ2v) is 5.41. The van der Waals surface area contributed by atoms with Gasteiger partial charge in [0.25, 0.3) is 5.91 Å². The zero-order valence-electron chi connectivity index (χ0n) is 11.6. The molecule has 2 aromatic carbocycles. The lowest BCUT2D eigenvalue weighted by Crippen LogP contribution is -2.32. The molecule has 0 bridgehead atoms.